The lowest BCUT2D eigenvalue weighted by molar-refractivity contribution is -0.126. The topological polar surface area (TPSA) is 59.6 Å². The van der Waals surface area contributed by atoms with E-state index in [9.17, 15) is 4.79 Å². The number of piperidine rings is 1. The second kappa shape index (κ2) is 5.71. The van der Waals surface area contributed by atoms with Gasteiger partial charge in [-0.3, -0.25) is 4.79 Å². The van der Waals surface area contributed by atoms with Crippen LogP contribution < -0.4 is 20.1 Å². The summed E-state index contributed by atoms with van der Waals surface area (Å²) in [6, 6.07) is 5.77. The van der Waals surface area contributed by atoms with Crippen molar-refractivity contribution in [1.82, 2.24) is 10.6 Å². The first-order chi connectivity index (χ1) is 9.74. The first-order valence-electron chi connectivity index (χ1n) is 7.14. The number of ether oxygens (including phenoxy) is 2. The van der Waals surface area contributed by atoms with E-state index in [4.69, 9.17) is 9.47 Å². The Hall–Kier alpha value is -1.75. The van der Waals surface area contributed by atoms with Crippen LogP contribution in [0.4, 0.5) is 0 Å². The molecular formula is C15H20N2O3. The molecule has 0 aliphatic carbocycles. The van der Waals surface area contributed by atoms with Gasteiger partial charge in [0.25, 0.3) is 0 Å². The fraction of sp³-hybridized carbons (Fsp3) is 0.533. The Morgan fingerprint density at radius 3 is 3.05 bits per heavy atom. The van der Waals surface area contributed by atoms with Gasteiger partial charge in [0.05, 0.1) is 12.0 Å². The highest BCUT2D eigenvalue weighted by atomic mass is 16.7. The second-order valence-electron chi connectivity index (χ2n) is 5.39. The van der Waals surface area contributed by atoms with E-state index in [-0.39, 0.29) is 24.7 Å². The highest BCUT2D eigenvalue weighted by Crippen LogP contribution is 2.34. The van der Waals surface area contributed by atoms with Crippen LogP contribution in [0.25, 0.3) is 0 Å². The summed E-state index contributed by atoms with van der Waals surface area (Å²) in [7, 11) is 0. The minimum atomic E-state index is -0.0288. The summed E-state index contributed by atoms with van der Waals surface area (Å²) in [4.78, 5) is 12.2. The van der Waals surface area contributed by atoms with Crippen LogP contribution in [0.1, 0.15) is 31.4 Å². The van der Waals surface area contributed by atoms with Gasteiger partial charge in [-0.25, -0.2) is 0 Å². The quantitative estimate of drug-likeness (QED) is 0.880. The highest BCUT2D eigenvalue weighted by molar-refractivity contribution is 5.79. The van der Waals surface area contributed by atoms with Gasteiger partial charge in [0.15, 0.2) is 11.5 Å². The van der Waals surface area contributed by atoms with Gasteiger partial charge in [0.2, 0.25) is 12.7 Å². The van der Waals surface area contributed by atoms with E-state index in [2.05, 4.69) is 10.6 Å². The number of fused-ring (bicyclic) bond motifs is 1. The molecule has 1 aromatic carbocycles. The summed E-state index contributed by atoms with van der Waals surface area (Å²) in [5.74, 6) is 1.73. The first kappa shape index (κ1) is 13.2. The number of hydrogen-bond donors (Lipinski definition) is 2. The van der Waals surface area contributed by atoms with Crippen molar-refractivity contribution in [3.05, 3.63) is 23.8 Å². The summed E-state index contributed by atoms with van der Waals surface area (Å²) in [5.41, 5.74) is 1.03. The minimum Gasteiger partial charge on any atom is -0.454 e. The van der Waals surface area contributed by atoms with Crippen molar-refractivity contribution in [2.75, 3.05) is 19.9 Å². The Morgan fingerprint density at radius 2 is 2.25 bits per heavy atom. The molecule has 1 fully saturated rings. The van der Waals surface area contributed by atoms with Crippen molar-refractivity contribution in [2.24, 2.45) is 5.92 Å². The van der Waals surface area contributed by atoms with Gasteiger partial charge in [-0.15, -0.1) is 0 Å². The van der Waals surface area contributed by atoms with E-state index in [1.807, 2.05) is 25.1 Å². The molecule has 2 heterocycles. The van der Waals surface area contributed by atoms with Gasteiger partial charge in [-0.2, -0.15) is 0 Å². The number of hydrogen-bond acceptors (Lipinski definition) is 4. The van der Waals surface area contributed by atoms with Crippen LogP contribution in [-0.4, -0.2) is 25.8 Å². The third kappa shape index (κ3) is 2.72. The number of carbonyl (C=O) groups excluding carboxylic acids is 1. The average Bonchev–Trinajstić information content (AvgIpc) is 2.95. The Balaban J connectivity index is 1.63. The van der Waals surface area contributed by atoms with Crippen LogP contribution in [0, 0.1) is 5.92 Å². The molecule has 3 rings (SSSR count). The molecule has 2 aliphatic heterocycles. The molecule has 108 valence electrons. The van der Waals surface area contributed by atoms with E-state index in [0.29, 0.717) is 0 Å². The zero-order valence-corrected chi connectivity index (χ0v) is 11.6. The number of rotatable bonds is 3. The predicted octanol–water partition coefficient (Wildman–Crippen LogP) is 1.59. The smallest absolute Gasteiger partial charge is 0.231 e. The minimum absolute atomic E-state index is 0.0288. The lowest BCUT2D eigenvalue weighted by Gasteiger charge is -2.24. The number of benzene rings is 1. The van der Waals surface area contributed by atoms with Crippen molar-refractivity contribution in [3.63, 3.8) is 0 Å². The lowest BCUT2D eigenvalue weighted by atomic mass is 9.98. The Bertz CT molecular complexity index is 498. The van der Waals surface area contributed by atoms with Crippen molar-refractivity contribution in [2.45, 2.75) is 25.8 Å². The molecule has 5 nitrogen and oxygen atoms in total. The van der Waals surface area contributed by atoms with E-state index >= 15 is 0 Å². The van der Waals surface area contributed by atoms with E-state index in [1.54, 1.807) is 0 Å². The summed E-state index contributed by atoms with van der Waals surface area (Å²) in [6.07, 6.45) is 2.03. The first-order valence-corrected chi connectivity index (χ1v) is 7.14. The molecule has 1 saturated heterocycles. The van der Waals surface area contributed by atoms with Crippen molar-refractivity contribution >= 4 is 5.91 Å². The third-order valence-electron chi connectivity index (χ3n) is 3.92. The van der Waals surface area contributed by atoms with E-state index in [0.717, 1.165) is 43.0 Å². The molecule has 20 heavy (non-hydrogen) atoms. The molecule has 1 unspecified atom stereocenters. The van der Waals surface area contributed by atoms with Crippen LogP contribution >= 0.6 is 0 Å². The van der Waals surface area contributed by atoms with E-state index in [1.165, 1.54) is 0 Å². The standard InChI is InChI=1S/C15H20N2O3/c1-10(17-15(18)12-3-2-6-16-8-12)11-4-5-13-14(7-11)20-9-19-13/h4-5,7,10,12,16H,2-3,6,8-9H2,1H3,(H,17,18)/t10?,12-/m0/s1. The van der Waals surface area contributed by atoms with Crippen LogP contribution in [0.3, 0.4) is 0 Å². The molecule has 0 saturated carbocycles. The van der Waals surface area contributed by atoms with Crippen LogP contribution in [0.2, 0.25) is 0 Å². The van der Waals surface area contributed by atoms with Gasteiger partial charge in [-0.1, -0.05) is 6.07 Å². The van der Waals surface area contributed by atoms with Crippen LogP contribution in [-0.2, 0) is 4.79 Å². The van der Waals surface area contributed by atoms with Gasteiger partial charge in [-0.05, 0) is 44.0 Å². The fourth-order valence-electron chi connectivity index (χ4n) is 2.67. The Labute approximate surface area is 118 Å². The molecule has 0 bridgehead atoms. The molecule has 1 amide bonds. The van der Waals surface area contributed by atoms with Crippen LogP contribution in [0.15, 0.2) is 18.2 Å². The summed E-state index contributed by atoms with van der Waals surface area (Å²) >= 11 is 0. The number of amides is 1. The van der Waals surface area contributed by atoms with Gasteiger partial charge in [0.1, 0.15) is 0 Å². The number of nitrogens with one attached hydrogen (secondary N) is 2. The highest BCUT2D eigenvalue weighted by Gasteiger charge is 2.23. The maximum Gasteiger partial charge on any atom is 0.231 e. The molecule has 0 spiro atoms. The summed E-state index contributed by atoms with van der Waals surface area (Å²) < 4.78 is 10.7. The zero-order chi connectivity index (χ0) is 13.9. The fourth-order valence-corrected chi connectivity index (χ4v) is 2.67. The largest absolute Gasteiger partial charge is 0.454 e. The zero-order valence-electron chi connectivity index (χ0n) is 11.6. The molecule has 0 aromatic heterocycles. The van der Waals surface area contributed by atoms with Gasteiger partial charge >= 0.3 is 0 Å². The maximum absolute atomic E-state index is 12.2. The molecular weight excluding hydrogens is 256 g/mol. The number of carbonyl (C=O) groups is 1. The average molecular weight is 276 g/mol. The van der Waals surface area contributed by atoms with Gasteiger partial charge < -0.3 is 20.1 Å². The molecule has 2 N–H and O–H groups in total. The molecule has 2 atom stereocenters. The Kier molecular flexibility index (Phi) is 3.78. The maximum atomic E-state index is 12.2. The normalized spacial score (nSPS) is 22.4. The summed E-state index contributed by atoms with van der Waals surface area (Å²) in [6.45, 7) is 4.06. The van der Waals surface area contributed by atoms with Crippen molar-refractivity contribution in [1.29, 1.82) is 0 Å². The second-order valence-corrected chi connectivity index (χ2v) is 5.39. The Morgan fingerprint density at radius 1 is 1.40 bits per heavy atom. The van der Waals surface area contributed by atoms with E-state index < -0.39 is 0 Å². The third-order valence-corrected chi connectivity index (χ3v) is 3.92. The SMILES string of the molecule is CC(NC(=O)[C@H]1CCCNC1)c1ccc2c(c1)OCO2. The molecule has 2 aliphatic rings. The monoisotopic (exact) mass is 276 g/mol. The van der Waals surface area contributed by atoms with Gasteiger partial charge in [0, 0.05) is 6.54 Å². The predicted molar refractivity (Wildman–Crippen MR) is 74.7 cm³/mol. The molecule has 5 heteroatoms. The molecule has 1 aromatic rings. The van der Waals surface area contributed by atoms with Crippen molar-refractivity contribution < 1.29 is 14.3 Å². The lowest BCUT2D eigenvalue weighted by Crippen LogP contribution is -2.41. The summed E-state index contributed by atoms with van der Waals surface area (Å²) in [5, 5.41) is 6.35. The molecule has 0 radical (unpaired) electrons. The van der Waals surface area contributed by atoms with Crippen LogP contribution in [0.5, 0.6) is 11.5 Å². The van der Waals surface area contributed by atoms with Crippen molar-refractivity contribution in [3.8, 4) is 11.5 Å².